The molecule has 1 aliphatic rings. The van der Waals surface area contributed by atoms with Gasteiger partial charge >= 0.3 is 0 Å². The quantitative estimate of drug-likeness (QED) is 0.566. The number of benzene rings is 2. The molecule has 1 aromatic heterocycles. The molecule has 2 aromatic carbocycles. The molecule has 0 aliphatic carbocycles. The highest BCUT2D eigenvalue weighted by Crippen LogP contribution is 2.15. The van der Waals surface area contributed by atoms with Crippen LogP contribution in [0.5, 0.6) is 0 Å². The molecule has 2 heterocycles. The third-order valence-electron chi connectivity index (χ3n) is 5.37. The molecule has 9 heteroatoms. The van der Waals surface area contributed by atoms with Crippen LogP contribution in [-0.2, 0) is 22.3 Å². The Hall–Kier alpha value is -3.30. The Bertz CT molecular complexity index is 1240. The van der Waals surface area contributed by atoms with Gasteiger partial charge in [-0.1, -0.05) is 60.7 Å². The zero-order valence-electron chi connectivity index (χ0n) is 17.5. The van der Waals surface area contributed by atoms with Gasteiger partial charge in [0.05, 0.1) is 12.3 Å². The Balaban J connectivity index is 1.41. The van der Waals surface area contributed by atoms with Crippen molar-refractivity contribution in [1.82, 2.24) is 19.0 Å². The van der Waals surface area contributed by atoms with Crippen molar-refractivity contribution in [2.45, 2.75) is 12.3 Å². The summed E-state index contributed by atoms with van der Waals surface area (Å²) < 4.78 is 28.1. The molecule has 0 bridgehead atoms. The first kappa shape index (κ1) is 21.9. The second kappa shape index (κ2) is 9.46. The molecular formula is C23H24N4O4S. The third kappa shape index (κ3) is 5.12. The highest BCUT2D eigenvalue weighted by atomic mass is 32.2. The monoisotopic (exact) mass is 452 g/mol. The molecule has 4 rings (SSSR count). The molecule has 1 aliphatic heterocycles. The Labute approximate surface area is 186 Å². The van der Waals surface area contributed by atoms with E-state index < -0.39 is 10.0 Å². The minimum atomic E-state index is -3.46. The van der Waals surface area contributed by atoms with Gasteiger partial charge in [-0.3, -0.25) is 9.59 Å². The second-order valence-corrected chi connectivity index (χ2v) is 9.60. The zero-order chi connectivity index (χ0) is 22.6. The first-order valence-electron chi connectivity index (χ1n) is 10.4. The number of rotatable bonds is 6. The van der Waals surface area contributed by atoms with E-state index in [2.05, 4.69) is 5.10 Å². The maximum atomic E-state index is 12.9. The number of carbonyl (C=O) groups is 1. The number of nitrogens with zero attached hydrogens (tertiary/aromatic N) is 4. The van der Waals surface area contributed by atoms with Gasteiger partial charge in [0.25, 0.3) is 11.5 Å². The fourth-order valence-corrected chi connectivity index (χ4v) is 5.16. The van der Waals surface area contributed by atoms with E-state index in [1.54, 1.807) is 17.0 Å². The van der Waals surface area contributed by atoms with Gasteiger partial charge < -0.3 is 4.90 Å². The van der Waals surface area contributed by atoms with Crippen molar-refractivity contribution in [3.63, 3.8) is 0 Å². The van der Waals surface area contributed by atoms with E-state index in [4.69, 9.17) is 0 Å². The predicted octanol–water partition coefficient (Wildman–Crippen LogP) is 1.58. The van der Waals surface area contributed by atoms with Crippen LogP contribution >= 0.6 is 0 Å². The van der Waals surface area contributed by atoms with Gasteiger partial charge in [0.15, 0.2) is 0 Å². The number of carbonyl (C=O) groups excluding carboxylic acids is 1. The van der Waals surface area contributed by atoms with Gasteiger partial charge in [0.1, 0.15) is 5.69 Å². The normalized spacial score (nSPS) is 14.9. The minimum absolute atomic E-state index is 0.0617. The van der Waals surface area contributed by atoms with Crippen molar-refractivity contribution in [3.8, 4) is 0 Å². The van der Waals surface area contributed by atoms with Crippen molar-refractivity contribution >= 4 is 15.9 Å². The molecule has 0 spiro atoms. The Kier molecular flexibility index (Phi) is 6.48. The molecule has 3 aromatic rings. The third-order valence-corrected chi connectivity index (χ3v) is 7.22. The minimum Gasteiger partial charge on any atom is -0.335 e. The van der Waals surface area contributed by atoms with Crippen molar-refractivity contribution < 1.29 is 13.2 Å². The lowest BCUT2D eigenvalue weighted by molar-refractivity contribution is 0.0689. The zero-order valence-corrected chi connectivity index (χ0v) is 18.3. The van der Waals surface area contributed by atoms with Gasteiger partial charge in [-0.25, -0.2) is 13.1 Å². The number of hydrogen-bond acceptors (Lipinski definition) is 5. The summed E-state index contributed by atoms with van der Waals surface area (Å²) in [4.78, 5) is 26.7. The van der Waals surface area contributed by atoms with Crippen LogP contribution in [0.3, 0.4) is 0 Å². The molecule has 0 atom stereocenters. The van der Waals surface area contributed by atoms with Crippen LogP contribution in [-0.4, -0.2) is 59.5 Å². The van der Waals surface area contributed by atoms with Gasteiger partial charge in [-0.05, 0) is 17.2 Å². The highest BCUT2D eigenvalue weighted by Gasteiger charge is 2.30. The number of sulfonamides is 1. The van der Waals surface area contributed by atoms with E-state index in [0.717, 1.165) is 11.1 Å². The summed E-state index contributed by atoms with van der Waals surface area (Å²) >= 11 is 0. The lowest BCUT2D eigenvalue weighted by Crippen LogP contribution is -2.51. The van der Waals surface area contributed by atoms with Crippen LogP contribution in [0.25, 0.3) is 0 Å². The summed E-state index contributed by atoms with van der Waals surface area (Å²) in [7, 11) is -3.46. The van der Waals surface area contributed by atoms with Crippen LogP contribution in [0.1, 0.15) is 21.6 Å². The van der Waals surface area contributed by atoms with Crippen LogP contribution in [0, 0.1) is 0 Å². The van der Waals surface area contributed by atoms with Crippen molar-refractivity contribution in [2.75, 3.05) is 26.2 Å². The van der Waals surface area contributed by atoms with Crippen molar-refractivity contribution in [3.05, 3.63) is 100.0 Å². The first-order chi connectivity index (χ1) is 15.4. The molecule has 1 saturated heterocycles. The number of aromatic nitrogens is 2. The van der Waals surface area contributed by atoms with Gasteiger partial charge in [0, 0.05) is 32.2 Å². The lowest BCUT2D eigenvalue weighted by Gasteiger charge is -2.33. The van der Waals surface area contributed by atoms with Crippen LogP contribution in [0.15, 0.2) is 77.6 Å². The first-order valence-corrected chi connectivity index (χ1v) is 12.0. The van der Waals surface area contributed by atoms with E-state index in [1.165, 1.54) is 21.1 Å². The van der Waals surface area contributed by atoms with E-state index in [9.17, 15) is 18.0 Å². The molecular weight excluding hydrogens is 428 g/mol. The highest BCUT2D eigenvalue weighted by molar-refractivity contribution is 7.88. The molecule has 0 radical (unpaired) electrons. The molecule has 8 nitrogen and oxygen atoms in total. The van der Waals surface area contributed by atoms with Gasteiger partial charge in [-0.2, -0.15) is 9.40 Å². The number of piperazine rings is 1. The average molecular weight is 453 g/mol. The maximum Gasteiger partial charge on any atom is 0.274 e. The van der Waals surface area contributed by atoms with Crippen LogP contribution in [0.2, 0.25) is 0 Å². The predicted molar refractivity (Wildman–Crippen MR) is 121 cm³/mol. The average Bonchev–Trinajstić information content (AvgIpc) is 2.81. The summed E-state index contributed by atoms with van der Waals surface area (Å²) in [6.45, 7) is 1.26. The van der Waals surface area contributed by atoms with Crippen LogP contribution < -0.4 is 5.56 Å². The molecule has 32 heavy (non-hydrogen) atoms. The fourth-order valence-electron chi connectivity index (χ4n) is 3.64. The van der Waals surface area contributed by atoms with E-state index >= 15 is 0 Å². The largest absolute Gasteiger partial charge is 0.335 e. The molecule has 1 amide bonds. The SMILES string of the molecule is O=C(c1ccc(=O)n(Cc2ccccc2)n1)N1CCN(S(=O)(=O)Cc2ccccc2)CC1. The van der Waals surface area contributed by atoms with Crippen LogP contribution in [0.4, 0.5) is 0 Å². The van der Waals surface area contributed by atoms with Crippen molar-refractivity contribution in [1.29, 1.82) is 0 Å². The van der Waals surface area contributed by atoms with E-state index in [-0.39, 0.29) is 55.6 Å². The van der Waals surface area contributed by atoms with Crippen molar-refractivity contribution in [2.24, 2.45) is 0 Å². The van der Waals surface area contributed by atoms with E-state index in [1.807, 2.05) is 48.5 Å². The maximum absolute atomic E-state index is 12.9. The second-order valence-electron chi connectivity index (χ2n) is 7.63. The molecule has 0 unspecified atom stereocenters. The summed E-state index contributed by atoms with van der Waals surface area (Å²) in [6.07, 6.45) is 0. The number of hydrogen-bond donors (Lipinski definition) is 0. The van der Waals surface area contributed by atoms with E-state index in [0.29, 0.717) is 0 Å². The smallest absolute Gasteiger partial charge is 0.274 e. The Morgan fingerprint density at radius 1 is 0.812 bits per heavy atom. The number of amides is 1. The Morgan fingerprint density at radius 3 is 2.03 bits per heavy atom. The summed E-state index contributed by atoms with van der Waals surface area (Å²) in [6, 6.07) is 21.2. The lowest BCUT2D eigenvalue weighted by atomic mass is 10.2. The molecule has 0 N–H and O–H groups in total. The fraction of sp³-hybridized carbons (Fsp3) is 0.261. The van der Waals surface area contributed by atoms with Gasteiger partial charge in [0.2, 0.25) is 10.0 Å². The Morgan fingerprint density at radius 2 is 1.41 bits per heavy atom. The summed E-state index contributed by atoms with van der Waals surface area (Å²) in [5, 5.41) is 4.25. The van der Waals surface area contributed by atoms with Gasteiger partial charge in [-0.15, -0.1) is 0 Å². The molecule has 166 valence electrons. The summed E-state index contributed by atoms with van der Waals surface area (Å²) in [5.41, 5.74) is 1.52. The standard InChI is InChI=1S/C23H24N4O4S/c28-22-12-11-21(24-27(22)17-19-7-3-1-4-8-19)23(29)25-13-15-26(16-14-25)32(30,31)18-20-9-5-2-6-10-20/h1-12H,13-18H2. The topological polar surface area (TPSA) is 92.6 Å². The summed E-state index contributed by atoms with van der Waals surface area (Å²) in [5.74, 6) is -0.375. The molecule has 1 fully saturated rings. The molecule has 0 saturated carbocycles.